The van der Waals surface area contributed by atoms with E-state index in [1.807, 2.05) is 0 Å². The van der Waals surface area contributed by atoms with E-state index < -0.39 is 31.9 Å². The average Bonchev–Trinajstić information content (AvgIpc) is 2.25. The first kappa shape index (κ1) is 16.9. The molecule has 0 aliphatic carbocycles. The maximum absolute atomic E-state index is 12.3. The molecular weight excluding hydrogens is 320 g/mol. The van der Waals surface area contributed by atoms with Crippen molar-refractivity contribution in [3.63, 3.8) is 0 Å². The van der Waals surface area contributed by atoms with Crippen LogP contribution in [0.25, 0.3) is 0 Å². The van der Waals surface area contributed by atoms with Crippen molar-refractivity contribution in [2.24, 2.45) is 0 Å². The molecule has 0 saturated carbocycles. The third kappa shape index (κ3) is 5.85. The molecule has 0 spiro atoms. The molecule has 9 heteroatoms. The van der Waals surface area contributed by atoms with Gasteiger partial charge in [-0.05, 0) is 18.2 Å². The van der Waals surface area contributed by atoms with Crippen LogP contribution in [0, 0.1) is 0 Å². The second-order valence-electron chi connectivity index (χ2n) is 3.85. The number of benzene rings is 1. The van der Waals surface area contributed by atoms with E-state index >= 15 is 0 Å². The molecule has 0 heterocycles. The number of carbonyl (C=O) groups excluding carboxylic acids is 1. The minimum atomic E-state index is -4.56. The Balaban J connectivity index is 2.79. The van der Waals surface area contributed by atoms with Crippen LogP contribution in [0.3, 0.4) is 0 Å². The number of hydrogen-bond acceptors (Lipinski definition) is 2. The Morgan fingerprint density at radius 3 is 2.25 bits per heavy atom. The molecule has 2 N–H and O–H groups in total. The van der Waals surface area contributed by atoms with Crippen molar-refractivity contribution in [3.05, 3.63) is 28.2 Å². The largest absolute Gasteiger partial charge is 0.406 e. The molecule has 112 valence electrons. The van der Waals surface area contributed by atoms with E-state index in [0.717, 1.165) is 0 Å². The Morgan fingerprint density at radius 1 is 1.25 bits per heavy atom. The zero-order valence-electron chi connectivity index (χ0n) is 10.0. The molecule has 20 heavy (non-hydrogen) atoms. The highest BCUT2D eigenvalue weighted by Gasteiger charge is 2.32. The van der Waals surface area contributed by atoms with Gasteiger partial charge < -0.3 is 15.3 Å². The molecule has 0 radical (unpaired) electrons. The van der Waals surface area contributed by atoms with Crippen LogP contribution < -0.4 is 5.32 Å². The van der Waals surface area contributed by atoms with Crippen molar-refractivity contribution < 1.29 is 23.1 Å². The maximum atomic E-state index is 12.3. The van der Waals surface area contributed by atoms with Crippen LogP contribution in [-0.4, -0.2) is 41.9 Å². The predicted octanol–water partition coefficient (Wildman–Crippen LogP) is 3.38. The summed E-state index contributed by atoms with van der Waals surface area (Å²) in [6.07, 6.45) is -4.56. The molecule has 0 aliphatic rings. The van der Waals surface area contributed by atoms with Crippen LogP contribution in [0.15, 0.2) is 18.2 Å². The average molecular weight is 331 g/mol. The van der Waals surface area contributed by atoms with Crippen LogP contribution in [0.4, 0.5) is 23.7 Å². The van der Waals surface area contributed by atoms with Gasteiger partial charge in [0.05, 0.1) is 6.61 Å². The molecule has 4 nitrogen and oxygen atoms in total. The van der Waals surface area contributed by atoms with Crippen molar-refractivity contribution in [2.75, 3.05) is 25.0 Å². The molecule has 0 saturated heterocycles. The number of hydrogen-bond donors (Lipinski definition) is 2. The SMILES string of the molecule is O=C(Nc1cc(Cl)cc(Cl)c1)N(CCO)CC(F)(F)F. The summed E-state index contributed by atoms with van der Waals surface area (Å²) >= 11 is 11.4. The lowest BCUT2D eigenvalue weighted by Gasteiger charge is -2.23. The van der Waals surface area contributed by atoms with E-state index in [9.17, 15) is 18.0 Å². The number of anilines is 1. The third-order valence-corrected chi connectivity index (χ3v) is 2.58. The molecular formula is C11H11Cl2F3N2O2. The van der Waals surface area contributed by atoms with E-state index in [2.05, 4.69) is 5.32 Å². The van der Waals surface area contributed by atoms with Crippen LogP contribution in [0.1, 0.15) is 0 Å². The first-order chi connectivity index (χ1) is 9.21. The molecule has 0 bridgehead atoms. The third-order valence-electron chi connectivity index (χ3n) is 2.14. The fourth-order valence-electron chi connectivity index (χ4n) is 1.42. The van der Waals surface area contributed by atoms with E-state index in [4.69, 9.17) is 28.3 Å². The number of rotatable bonds is 4. The smallest absolute Gasteiger partial charge is 0.395 e. The minimum Gasteiger partial charge on any atom is -0.395 e. The molecule has 0 unspecified atom stereocenters. The Hall–Kier alpha value is -1.18. The van der Waals surface area contributed by atoms with Crippen LogP contribution in [-0.2, 0) is 0 Å². The Labute approximate surface area is 123 Å². The van der Waals surface area contributed by atoms with Crippen molar-refractivity contribution in [1.82, 2.24) is 4.90 Å². The van der Waals surface area contributed by atoms with Gasteiger partial charge in [0, 0.05) is 22.3 Å². The number of urea groups is 1. The zero-order valence-corrected chi connectivity index (χ0v) is 11.6. The van der Waals surface area contributed by atoms with Crippen molar-refractivity contribution >= 4 is 34.9 Å². The highest BCUT2D eigenvalue weighted by molar-refractivity contribution is 6.35. The van der Waals surface area contributed by atoms with Gasteiger partial charge in [0.25, 0.3) is 0 Å². The molecule has 1 rings (SSSR count). The number of halogens is 5. The van der Waals surface area contributed by atoms with Gasteiger partial charge in [0.15, 0.2) is 0 Å². The summed E-state index contributed by atoms with van der Waals surface area (Å²) in [6.45, 7) is -2.49. The van der Waals surface area contributed by atoms with Gasteiger partial charge in [0.1, 0.15) is 6.54 Å². The van der Waals surface area contributed by atoms with E-state index in [1.54, 1.807) is 0 Å². The molecule has 1 aromatic rings. The van der Waals surface area contributed by atoms with Gasteiger partial charge >= 0.3 is 12.2 Å². The summed E-state index contributed by atoms with van der Waals surface area (Å²) in [6, 6.07) is 3.10. The van der Waals surface area contributed by atoms with Gasteiger partial charge in [-0.15, -0.1) is 0 Å². The highest BCUT2D eigenvalue weighted by Crippen LogP contribution is 2.23. The van der Waals surface area contributed by atoms with E-state index in [1.165, 1.54) is 18.2 Å². The first-order valence-electron chi connectivity index (χ1n) is 5.41. The number of aliphatic hydroxyl groups excluding tert-OH is 1. The lowest BCUT2D eigenvalue weighted by molar-refractivity contribution is -0.140. The number of carbonyl (C=O) groups is 1. The maximum Gasteiger partial charge on any atom is 0.406 e. The Morgan fingerprint density at radius 2 is 1.80 bits per heavy atom. The quantitative estimate of drug-likeness (QED) is 0.889. The van der Waals surface area contributed by atoms with Crippen LogP contribution in [0.5, 0.6) is 0 Å². The fourth-order valence-corrected chi connectivity index (χ4v) is 1.94. The highest BCUT2D eigenvalue weighted by atomic mass is 35.5. The van der Waals surface area contributed by atoms with Gasteiger partial charge in [-0.3, -0.25) is 0 Å². The molecule has 0 aromatic heterocycles. The predicted molar refractivity (Wildman–Crippen MR) is 70.2 cm³/mol. The second-order valence-corrected chi connectivity index (χ2v) is 4.72. The number of aliphatic hydroxyl groups is 1. The minimum absolute atomic E-state index is 0.164. The fraction of sp³-hybridized carbons (Fsp3) is 0.364. The monoisotopic (exact) mass is 330 g/mol. The molecule has 1 aromatic carbocycles. The zero-order chi connectivity index (χ0) is 15.3. The van der Waals surface area contributed by atoms with Gasteiger partial charge in [-0.25, -0.2) is 4.79 Å². The van der Waals surface area contributed by atoms with E-state index in [-0.39, 0.29) is 15.7 Å². The Bertz CT molecular complexity index is 463. The van der Waals surface area contributed by atoms with Crippen LogP contribution >= 0.6 is 23.2 Å². The summed E-state index contributed by atoms with van der Waals surface area (Å²) < 4.78 is 36.9. The molecule has 0 atom stereocenters. The van der Waals surface area contributed by atoms with E-state index in [0.29, 0.717) is 4.90 Å². The van der Waals surface area contributed by atoms with Crippen molar-refractivity contribution in [2.45, 2.75) is 6.18 Å². The first-order valence-corrected chi connectivity index (χ1v) is 6.16. The van der Waals surface area contributed by atoms with Crippen LogP contribution in [0.2, 0.25) is 10.0 Å². The number of nitrogens with one attached hydrogen (secondary N) is 1. The van der Waals surface area contributed by atoms with Gasteiger partial charge in [-0.1, -0.05) is 23.2 Å². The molecule has 0 aliphatic heterocycles. The summed E-state index contributed by atoms with van der Waals surface area (Å²) in [7, 11) is 0. The standard InChI is InChI=1S/C11H11Cl2F3N2O2/c12-7-3-8(13)5-9(4-7)17-10(20)18(1-2-19)6-11(14,15)16/h3-5,19H,1-2,6H2,(H,17,20). The van der Waals surface area contributed by atoms with Gasteiger partial charge in [0.2, 0.25) is 0 Å². The molecule has 2 amide bonds. The molecule has 0 fully saturated rings. The Kier molecular flexibility index (Phi) is 5.91. The summed E-state index contributed by atoms with van der Waals surface area (Å²) in [5.74, 6) is 0. The topological polar surface area (TPSA) is 52.6 Å². The lowest BCUT2D eigenvalue weighted by atomic mass is 10.3. The van der Waals surface area contributed by atoms with Crippen molar-refractivity contribution in [3.8, 4) is 0 Å². The summed E-state index contributed by atoms with van der Waals surface area (Å²) in [5, 5.41) is 11.4. The number of alkyl halides is 3. The lowest BCUT2D eigenvalue weighted by Crippen LogP contribution is -2.43. The summed E-state index contributed by atoms with van der Waals surface area (Å²) in [4.78, 5) is 12.2. The summed E-state index contributed by atoms with van der Waals surface area (Å²) in [5.41, 5.74) is 0.164. The van der Waals surface area contributed by atoms with Crippen molar-refractivity contribution in [1.29, 1.82) is 0 Å². The van der Waals surface area contributed by atoms with Gasteiger partial charge in [-0.2, -0.15) is 13.2 Å². The normalized spacial score (nSPS) is 11.3. The second kappa shape index (κ2) is 7.01. The number of amides is 2. The number of nitrogens with zero attached hydrogens (tertiary/aromatic N) is 1.